The summed E-state index contributed by atoms with van der Waals surface area (Å²) in [6, 6.07) is 59.1. The molecule has 0 bridgehead atoms. The van der Waals surface area contributed by atoms with Crippen LogP contribution in [-0.2, 0) is 0 Å². The SMILES string of the molecule is c1ccc(-n2c3ccccc3c3cc(-c4ccc5c(c4)c4ccccc4n5-c4ccc(-c5ncnc6c5sc5ccccc56)cc4)ccc32)cc1. The highest BCUT2D eigenvalue weighted by Gasteiger charge is 2.17. The number of benzene rings is 7. The lowest BCUT2D eigenvalue weighted by molar-refractivity contribution is 1.18. The van der Waals surface area contributed by atoms with Crippen LogP contribution in [0, 0.1) is 0 Å². The van der Waals surface area contributed by atoms with Gasteiger partial charge >= 0.3 is 0 Å². The van der Waals surface area contributed by atoms with Gasteiger partial charge < -0.3 is 9.13 Å². The molecule has 11 aromatic rings. The first-order valence-corrected chi connectivity index (χ1v) is 18.0. The van der Waals surface area contributed by atoms with Gasteiger partial charge in [-0.3, -0.25) is 0 Å². The summed E-state index contributed by atoms with van der Waals surface area (Å²) in [7, 11) is 0. The van der Waals surface area contributed by atoms with Gasteiger partial charge in [0.15, 0.2) is 0 Å². The van der Waals surface area contributed by atoms with Crippen molar-refractivity contribution in [2.24, 2.45) is 0 Å². The van der Waals surface area contributed by atoms with Gasteiger partial charge in [0.05, 0.1) is 38.0 Å². The van der Waals surface area contributed by atoms with Crippen LogP contribution in [0.1, 0.15) is 0 Å². The van der Waals surface area contributed by atoms with Crippen molar-refractivity contribution in [2.45, 2.75) is 0 Å². The maximum atomic E-state index is 4.75. The Kier molecular flexibility index (Phi) is 6.09. The summed E-state index contributed by atoms with van der Waals surface area (Å²) >= 11 is 1.76. The Morgan fingerprint density at radius 3 is 1.55 bits per heavy atom. The Morgan fingerprint density at radius 1 is 0.392 bits per heavy atom. The number of aromatic nitrogens is 4. The van der Waals surface area contributed by atoms with Gasteiger partial charge in [-0.1, -0.05) is 97.1 Å². The molecule has 4 aromatic heterocycles. The lowest BCUT2D eigenvalue weighted by Gasteiger charge is -2.10. The topological polar surface area (TPSA) is 35.6 Å². The van der Waals surface area contributed by atoms with Gasteiger partial charge in [-0.2, -0.15) is 0 Å². The van der Waals surface area contributed by atoms with E-state index in [1.54, 1.807) is 17.7 Å². The fraction of sp³-hybridized carbons (Fsp3) is 0. The molecule has 0 amide bonds. The molecule has 0 fully saturated rings. The third-order valence-electron chi connectivity index (χ3n) is 10.2. The number of thiophene rings is 1. The Labute approximate surface area is 297 Å². The third-order valence-corrected chi connectivity index (χ3v) is 11.4. The number of nitrogens with zero attached hydrogens (tertiary/aromatic N) is 4. The van der Waals surface area contributed by atoms with Gasteiger partial charge in [0, 0.05) is 48.6 Å². The zero-order valence-corrected chi connectivity index (χ0v) is 28.2. The molecule has 5 heteroatoms. The van der Waals surface area contributed by atoms with Crippen LogP contribution >= 0.6 is 11.3 Å². The fourth-order valence-electron chi connectivity index (χ4n) is 7.94. The molecule has 0 radical (unpaired) electrons. The first kappa shape index (κ1) is 28.3. The average Bonchev–Trinajstić information content (AvgIpc) is 3.86. The maximum absolute atomic E-state index is 4.75. The number of hydrogen-bond acceptors (Lipinski definition) is 3. The van der Waals surface area contributed by atoms with Gasteiger partial charge in [-0.05, 0) is 77.9 Å². The first-order valence-electron chi connectivity index (χ1n) is 17.2. The van der Waals surface area contributed by atoms with Gasteiger partial charge in [-0.25, -0.2) is 9.97 Å². The third kappa shape index (κ3) is 4.25. The molecule has 0 spiro atoms. The van der Waals surface area contributed by atoms with Gasteiger partial charge in [0.1, 0.15) is 6.33 Å². The zero-order valence-electron chi connectivity index (χ0n) is 27.4. The van der Waals surface area contributed by atoms with Crippen molar-refractivity contribution in [2.75, 3.05) is 0 Å². The van der Waals surface area contributed by atoms with E-state index in [-0.39, 0.29) is 0 Å². The van der Waals surface area contributed by atoms with E-state index in [0.717, 1.165) is 27.2 Å². The van der Waals surface area contributed by atoms with Crippen molar-refractivity contribution < 1.29 is 0 Å². The Morgan fingerprint density at radius 2 is 0.902 bits per heavy atom. The predicted octanol–water partition coefficient (Wildman–Crippen LogP) is 12.4. The van der Waals surface area contributed by atoms with Gasteiger partial charge in [0.2, 0.25) is 0 Å². The van der Waals surface area contributed by atoms with E-state index in [9.17, 15) is 0 Å². The molecular formula is C46H28N4S. The molecule has 0 unspecified atom stereocenters. The standard InChI is InChI=1S/C46H28N4S/c1-2-10-32(11-3-1)49-39-15-7-4-12-34(39)37-26-30(20-24-41(37)49)31-21-25-42-38(27-31)35-13-5-8-16-40(35)50(42)33-22-18-29(19-23-33)44-46-45(48-28-47-44)36-14-6-9-17-43(36)51-46/h1-28H. The molecule has 4 heterocycles. The predicted molar refractivity (Wildman–Crippen MR) is 214 cm³/mol. The summed E-state index contributed by atoms with van der Waals surface area (Å²) in [6.07, 6.45) is 1.69. The lowest BCUT2D eigenvalue weighted by Crippen LogP contribution is -1.94. The molecule has 0 N–H and O–H groups in total. The summed E-state index contributed by atoms with van der Waals surface area (Å²) in [5.74, 6) is 0. The molecule has 4 nitrogen and oxygen atoms in total. The van der Waals surface area contributed by atoms with Crippen molar-refractivity contribution in [3.63, 3.8) is 0 Å². The van der Waals surface area contributed by atoms with Crippen molar-refractivity contribution >= 4 is 75.3 Å². The summed E-state index contributed by atoms with van der Waals surface area (Å²) < 4.78 is 7.10. The second-order valence-electron chi connectivity index (χ2n) is 13.0. The molecule has 11 rings (SSSR count). The van der Waals surface area contributed by atoms with Gasteiger partial charge in [-0.15, -0.1) is 11.3 Å². The molecule has 0 saturated heterocycles. The van der Waals surface area contributed by atoms with E-state index in [1.165, 1.54) is 70.5 Å². The monoisotopic (exact) mass is 668 g/mol. The van der Waals surface area contributed by atoms with Crippen LogP contribution in [-0.4, -0.2) is 19.1 Å². The number of fused-ring (bicyclic) bond motifs is 9. The Balaban J connectivity index is 1.04. The highest BCUT2D eigenvalue weighted by molar-refractivity contribution is 7.26. The minimum absolute atomic E-state index is 0.975. The van der Waals surface area contributed by atoms with Crippen LogP contribution in [0.15, 0.2) is 170 Å². The second kappa shape index (κ2) is 11.0. The van der Waals surface area contributed by atoms with Crippen LogP contribution in [0.3, 0.4) is 0 Å². The molecular weight excluding hydrogens is 641 g/mol. The minimum atomic E-state index is 0.975. The summed E-state index contributed by atoms with van der Waals surface area (Å²) in [5.41, 5.74) is 12.6. The summed E-state index contributed by atoms with van der Waals surface area (Å²) in [4.78, 5) is 9.39. The first-order chi connectivity index (χ1) is 25.3. The quantitative estimate of drug-likeness (QED) is 0.187. The lowest BCUT2D eigenvalue weighted by atomic mass is 10.0. The molecule has 0 aliphatic heterocycles. The summed E-state index contributed by atoms with van der Waals surface area (Å²) in [5, 5.41) is 6.17. The van der Waals surface area contributed by atoms with Crippen LogP contribution in [0.25, 0.3) is 97.7 Å². The number of hydrogen-bond donors (Lipinski definition) is 0. The van der Waals surface area contributed by atoms with E-state index >= 15 is 0 Å². The van der Waals surface area contributed by atoms with E-state index in [4.69, 9.17) is 4.98 Å². The molecule has 51 heavy (non-hydrogen) atoms. The molecule has 0 atom stereocenters. The van der Waals surface area contributed by atoms with Crippen LogP contribution in [0.2, 0.25) is 0 Å². The molecule has 0 aliphatic carbocycles. The average molecular weight is 669 g/mol. The minimum Gasteiger partial charge on any atom is -0.309 e. The van der Waals surface area contributed by atoms with Crippen molar-refractivity contribution in [1.29, 1.82) is 0 Å². The second-order valence-corrected chi connectivity index (χ2v) is 14.1. The van der Waals surface area contributed by atoms with E-state index in [1.807, 2.05) is 0 Å². The molecule has 238 valence electrons. The van der Waals surface area contributed by atoms with Crippen molar-refractivity contribution in [3.8, 4) is 33.8 Å². The normalized spacial score (nSPS) is 11.9. The summed E-state index contributed by atoms with van der Waals surface area (Å²) in [6.45, 7) is 0. The molecule has 0 saturated carbocycles. The maximum Gasteiger partial charge on any atom is 0.116 e. The largest absolute Gasteiger partial charge is 0.309 e. The molecule has 7 aromatic carbocycles. The number of rotatable bonds is 4. The van der Waals surface area contributed by atoms with Crippen LogP contribution < -0.4 is 0 Å². The van der Waals surface area contributed by atoms with E-state index in [0.29, 0.717) is 0 Å². The van der Waals surface area contributed by atoms with E-state index in [2.05, 4.69) is 178 Å². The fourth-order valence-corrected chi connectivity index (χ4v) is 9.10. The zero-order chi connectivity index (χ0) is 33.5. The smallest absolute Gasteiger partial charge is 0.116 e. The number of para-hydroxylation sites is 3. The highest BCUT2D eigenvalue weighted by atomic mass is 32.1. The highest BCUT2D eigenvalue weighted by Crippen LogP contribution is 2.40. The molecule has 0 aliphatic rings. The van der Waals surface area contributed by atoms with Crippen LogP contribution in [0.4, 0.5) is 0 Å². The Hall–Kier alpha value is -6.56. The van der Waals surface area contributed by atoms with Crippen LogP contribution in [0.5, 0.6) is 0 Å². The van der Waals surface area contributed by atoms with Crippen molar-refractivity contribution in [1.82, 2.24) is 19.1 Å². The Bertz CT molecular complexity index is 3130. The van der Waals surface area contributed by atoms with E-state index < -0.39 is 0 Å². The van der Waals surface area contributed by atoms with Gasteiger partial charge in [0.25, 0.3) is 0 Å². The van der Waals surface area contributed by atoms with Crippen molar-refractivity contribution in [3.05, 3.63) is 170 Å².